The van der Waals surface area contributed by atoms with Gasteiger partial charge >= 0.3 is 42.2 Å². The van der Waals surface area contributed by atoms with Crippen molar-refractivity contribution in [3.8, 4) is 0 Å². The maximum atomic E-state index is 13.1. The predicted molar refractivity (Wildman–Crippen MR) is 94.9 cm³/mol. The van der Waals surface area contributed by atoms with Crippen molar-refractivity contribution in [1.29, 1.82) is 0 Å². The van der Waals surface area contributed by atoms with Crippen LogP contribution in [0.4, 0.5) is 17.6 Å². The summed E-state index contributed by atoms with van der Waals surface area (Å²) >= 11 is 0. The van der Waals surface area contributed by atoms with Gasteiger partial charge in [-0.3, -0.25) is 24.0 Å². The van der Waals surface area contributed by atoms with E-state index in [0.29, 0.717) is 0 Å². The molecule has 0 heterocycles. The van der Waals surface area contributed by atoms with Crippen LogP contribution < -0.4 is 0 Å². The normalized spacial score (nSPS) is 16.4. The Hall–Kier alpha value is -2.93. The Morgan fingerprint density at radius 3 is 1.75 bits per heavy atom. The van der Waals surface area contributed by atoms with Gasteiger partial charge in [0.05, 0.1) is 30.8 Å². The van der Waals surface area contributed by atoms with Crippen LogP contribution in [0.3, 0.4) is 0 Å². The highest BCUT2D eigenvalue weighted by Crippen LogP contribution is 2.34. The predicted octanol–water partition coefficient (Wildman–Crippen LogP) is 1.90. The maximum Gasteiger partial charge on any atom is 0.313 e. The third-order valence-corrected chi connectivity index (χ3v) is 4.66. The van der Waals surface area contributed by atoms with E-state index in [-0.39, 0.29) is 6.42 Å². The van der Waals surface area contributed by atoms with Gasteiger partial charge in [-0.25, -0.2) is 17.6 Å². The zero-order valence-electron chi connectivity index (χ0n) is 17.3. The Morgan fingerprint density at radius 1 is 0.906 bits per heavy atom. The number of rotatable bonds is 14. The van der Waals surface area contributed by atoms with Crippen LogP contribution in [0.25, 0.3) is 0 Å². The zero-order chi connectivity index (χ0) is 25.4. The number of aliphatic carboxylic acids is 3. The molecule has 0 amide bonds. The minimum atomic E-state index is -4.52. The number of ether oxygens (including phenoxy) is 2. The molecule has 0 fully saturated rings. The fraction of sp³-hybridized carbons (Fsp3) is 0.722. The largest absolute Gasteiger partial charge is 0.481 e. The Labute approximate surface area is 179 Å². The van der Waals surface area contributed by atoms with E-state index < -0.39 is 85.0 Å². The number of carbonyl (C=O) groups excluding carboxylic acids is 2. The SMILES string of the molecule is CCC(OC(C)=O)C(C(=O)OCCC(F)(F)C(F)F)C(C(=O)O)C(C(=O)O)C(C)C(=O)O. The summed E-state index contributed by atoms with van der Waals surface area (Å²) in [5.74, 6) is -21.3. The second kappa shape index (κ2) is 12.2. The highest BCUT2D eigenvalue weighted by Gasteiger charge is 2.51. The number of hydrogen-bond donors (Lipinski definition) is 3. The highest BCUT2D eigenvalue weighted by molar-refractivity contribution is 5.89. The van der Waals surface area contributed by atoms with E-state index in [0.717, 1.165) is 13.8 Å². The molecule has 5 atom stereocenters. The summed E-state index contributed by atoms with van der Waals surface area (Å²) in [4.78, 5) is 58.9. The molecule has 14 heteroatoms. The maximum absolute atomic E-state index is 13.1. The lowest BCUT2D eigenvalue weighted by Gasteiger charge is -2.33. The van der Waals surface area contributed by atoms with Crippen LogP contribution in [0, 0.1) is 23.7 Å². The van der Waals surface area contributed by atoms with Gasteiger partial charge in [0.25, 0.3) is 0 Å². The molecule has 3 N–H and O–H groups in total. The van der Waals surface area contributed by atoms with E-state index in [9.17, 15) is 51.7 Å². The van der Waals surface area contributed by atoms with E-state index in [2.05, 4.69) is 4.74 Å². The van der Waals surface area contributed by atoms with Crippen LogP contribution >= 0.6 is 0 Å². The minimum Gasteiger partial charge on any atom is -0.481 e. The third kappa shape index (κ3) is 7.96. The fourth-order valence-electron chi connectivity index (χ4n) is 3.01. The lowest BCUT2D eigenvalue weighted by atomic mass is 9.72. The summed E-state index contributed by atoms with van der Waals surface area (Å²) in [5.41, 5.74) is 0. The Bertz CT molecular complexity index is 712. The summed E-state index contributed by atoms with van der Waals surface area (Å²) in [6, 6.07) is 0. The molecule has 10 nitrogen and oxygen atoms in total. The van der Waals surface area contributed by atoms with E-state index in [1.165, 1.54) is 6.92 Å². The Morgan fingerprint density at radius 2 is 1.41 bits per heavy atom. The first kappa shape index (κ1) is 29.1. The molecule has 0 aromatic rings. The number of halogens is 4. The first-order valence-corrected chi connectivity index (χ1v) is 9.26. The Balaban J connectivity index is 6.23. The van der Waals surface area contributed by atoms with E-state index >= 15 is 0 Å². The van der Waals surface area contributed by atoms with Crippen molar-refractivity contribution in [3.05, 3.63) is 0 Å². The van der Waals surface area contributed by atoms with Crippen LogP contribution in [-0.2, 0) is 33.4 Å². The molecule has 0 bridgehead atoms. The number of carboxylic acid groups (broad SMARTS) is 3. The summed E-state index contributed by atoms with van der Waals surface area (Å²) in [6.45, 7) is 1.78. The van der Waals surface area contributed by atoms with E-state index in [1.807, 2.05) is 0 Å². The summed E-state index contributed by atoms with van der Waals surface area (Å²) in [7, 11) is 0. The zero-order valence-corrected chi connectivity index (χ0v) is 17.3. The number of carboxylic acids is 3. The molecule has 0 spiro atoms. The van der Waals surface area contributed by atoms with Crippen LogP contribution in [-0.4, -0.2) is 70.2 Å². The van der Waals surface area contributed by atoms with Crippen molar-refractivity contribution >= 4 is 29.8 Å². The molecule has 0 aromatic heterocycles. The number of alkyl halides is 4. The highest BCUT2D eigenvalue weighted by atomic mass is 19.3. The van der Waals surface area contributed by atoms with Gasteiger partial charge < -0.3 is 24.8 Å². The van der Waals surface area contributed by atoms with Gasteiger partial charge in [0.1, 0.15) is 12.0 Å². The number of esters is 2. The topological polar surface area (TPSA) is 165 Å². The van der Waals surface area contributed by atoms with Crippen molar-refractivity contribution in [2.75, 3.05) is 6.61 Å². The van der Waals surface area contributed by atoms with Gasteiger partial charge in [0.2, 0.25) is 0 Å². The van der Waals surface area contributed by atoms with Crippen LogP contribution in [0.5, 0.6) is 0 Å². The number of carbonyl (C=O) groups is 5. The average molecular weight is 476 g/mol. The molecule has 0 aliphatic heterocycles. The average Bonchev–Trinajstić information content (AvgIpc) is 2.64. The molecule has 0 aromatic carbocycles. The quantitative estimate of drug-likeness (QED) is 0.249. The summed E-state index contributed by atoms with van der Waals surface area (Å²) < 4.78 is 60.0. The lowest BCUT2D eigenvalue weighted by Crippen LogP contribution is -2.49. The minimum absolute atomic E-state index is 0.274. The molecule has 0 aliphatic rings. The third-order valence-electron chi connectivity index (χ3n) is 4.66. The van der Waals surface area contributed by atoms with Gasteiger partial charge in [0.15, 0.2) is 0 Å². The van der Waals surface area contributed by atoms with Crippen molar-refractivity contribution < 1.29 is 66.3 Å². The Kier molecular flexibility index (Phi) is 11.1. The van der Waals surface area contributed by atoms with Crippen molar-refractivity contribution in [2.24, 2.45) is 23.7 Å². The molecular weight excluding hydrogens is 452 g/mol. The van der Waals surface area contributed by atoms with Gasteiger partial charge in [-0.1, -0.05) is 13.8 Å². The molecule has 0 aliphatic carbocycles. The second-order valence-electron chi connectivity index (χ2n) is 6.92. The molecule has 184 valence electrons. The van der Waals surface area contributed by atoms with Crippen LogP contribution in [0.2, 0.25) is 0 Å². The first-order chi connectivity index (χ1) is 14.6. The molecule has 0 saturated heterocycles. The fourth-order valence-corrected chi connectivity index (χ4v) is 3.01. The molecule has 0 saturated carbocycles. The van der Waals surface area contributed by atoms with Crippen molar-refractivity contribution in [1.82, 2.24) is 0 Å². The van der Waals surface area contributed by atoms with Gasteiger partial charge in [-0.15, -0.1) is 0 Å². The van der Waals surface area contributed by atoms with Gasteiger partial charge in [0, 0.05) is 6.92 Å². The van der Waals surface area contributed by atoms with E-state index in [1.54, 1.807) is 0 Å². The lowest BCUT2D eigenvalue weighted by molar-refractivity contribution is -0.180. The van der Waals surface area contributed by atoms with Gasteiger partial charge in [-0.05, 0) is 6.42 Å². The smallest absolute Gasteiger partial charge is 0.313 e. The monoisotopic (exact) mass is 476 g/mol. The van der Waals surface area contributed by atoms with Gasteiger partial charge in [-0.2, -0.15) is 0 Å². The molecular formula is C18H24F4O10. The van der Waals surface area contributed by atoms with Crippen molar-refractivity contribution in [3.63, 3.8) is 0 Å². The molecule has 5 unspecified atom stereocenters. The van der Waals surface area contributed by atoms with Crippen LogP contribution in [0.15, 0.2) is 0 Å². The second-order valence-corrected chi connectivity index (χ2v) is 6.92. The van der Waals surface area contributed by atoms with Crippen molar-refractivity contribution in [2.45, 2.75) is 52.1 Å². The number of hydrogen-bond acceptors (Lipinski definition) is 7. The molecule has 0 rings (SSSR count). The van der Waals surface area contributed by atoms with Crippen LogP contribution in [0.1, 0.15) is 33.6 Å². The molecule has 32 heavy (non-hydrogen) atoms. The van der Waals surface area contributed by atoms with E-state index in [4.69, 9.17) is 9.84 Å². The summed E-state index contributed by atoms with van der Waals surface area (Å²) in [6.07, 6.45) is -7.61. The first-order valence-electron chi connectivity index (χ1n) is 9.26. The standard InChI is InChI=1S/C18H24F4O10/c1-4-9(32-8(3)23)11(16(30)31-6-5-18(21,22)17(19)20)12(15(28)29)10(14(26)27)7(2)13(24)25/h7,9-12,17H,4-6H2,1-3H3,(H,24,25)(H,26,27)(H,28,29). The molecule has 0 radical (unpaired) electrons. The summed E-state index contributed by atoms with van der Waals surface area (Å²) in [5, 5.41) is 28.2.